The van der Waals surface area contributed by atoms with Crippen LogP contribution in [0, 0.1) is 0 Å². The second-order valence-corrected chi connectivity index (χ2v) is 7.87. The minimum atomic E-state index is -4.67. The van der Waals surface area contributed by atoms with Crippen molar-refractivity contribution in [2.24, 2.45) is 0 Å². The summed E-state index contributed by atoms with van der Waals surface area (Å²) < 4.78 is 65.0. The zero-order valence-corrected chi connectivity index (χ0v) is 15.2. The number of hydrogen-bond acceptors (Lipinski definition) is 7. The third-order valence-corrected chi connectivity index (χ3v) is 5.24. The van der Waals surface area contributed by atoms with Crippen molar-refractivity contribution in [1.29, 1.82) is 0 Å². The van der Waals surface area contributed by atoms with Gasteiger partial charge in [0, 0.05) is 12.3 Å². The molecule has 0 fully saturated rings. The minimum Gasteiger partial charge on any atom is -0.744 e. The van der Waals surface area contributed by atoms with Gasteiger partial charge in [-0.1, -0.05) is 12.1 Å². The van der Waals surface area contributed by atoms with Crippen molar-refractivity contribution in [3.8, 4) is 5.75 Å². The molecule has 0 atom stereocenters. The van der Waals surface area contributed by atoms with Gasteiger partial charge >= 0.3 is 18.9 Å². The molecule has 0 radical (unpaired) electrons. The van der Waals surface area contributed by atoms with Crippen LogP contribution in [0.3, 0.4) is 0 Å². The smallest absolute Gasteiger partial charge is 0.744 e. The Bertz CT molecular complexity index is 915. The molecule has 7 nitrogen and oxygen atoms in total. The molecule has 2 aromatic rings. The monoisotopic (exact) mass is 381 g/mol. The maximum atomic E-state index is 12.3. The second kappa shape index (κ2) is 8.29. The van der Waals surface area contributed by atoms with Gasteiger partial charge in [0.15, 0.2) is 0 Å². The summed E-state index contributed by atoms with van der Waals surface area (Å²) in [6, 6.07) is 10.5. The molecule has 2 rings (SSSR count). The van der Waals surface area contributed by atoms with Gasteiger partial charge in [0.25, 0.3) is 10.0 Å². The van der Waals surface area contributed by atoms with Crippen LogP contribution in [0.1, 0.15) is 0 Å². The van der Waals surface area contributed by atoms with Gasteiger partial charge in [-0.05, 0) is 30.3 Å². The number of benzene rings is 2. The van der Waals surface area contributed by atoms with E-state index in [2.05, 4.69) is 4.72 Å². The molecule has 0 saturated carbocycles. The molecule has 0 saturated heterocycles. The molecule has 124 valence electrons. The first-order valence-corrected chi connectivity index (χ1v) is 10.2. The fraction of sp³-hybridized carbons (Fsp3) is 0.0769. The van der Waals surface area contributed by atoms with E-state index in [1.165, 1.54) is 30.3 Å². The van der Waals surface area contributed by atoms with Crippen molar-refractivity contribution >= 4 is 37.9 Å². The molecule has 11 heteroatoms. The molecule has 0 aliphatic carbocycles. The van der Waals surface area contributed by atoms with E-state index in [9.17, 15) is 21.4 Å². The van der Waals surface area contributed by atoms with Crippen LogP contribution in [0.5, 0.6) is 5.75 Å². The molecular formula is C13H12LiNO6S3. The standard InChI is InChI=1S/C13H13NO6S3.Li/c1-21-20-11-5-3-6-12(9-11)22(15,16)14-10-4-2-7-13(8-10)23(17,18)19;/h2-9,14H,1H3,(H,17,18,19);/q;+1/p-1. The quantitative estimate of drug-likeness (QED) is 0.390. The number of rotatable bonds is 6. The molecule has 0 unspecified atom stereocenters. The predicted octanol–water partition coefficient (Wildman–Crippen LogP) is -0.948. The van der Waals surface area contributed by atoms with Gasteiger partial charge in [-0.3, -0.25) is 4.72 Å². The predicted molar refractivity (Wildman–Crippen MR) is 85.8 cm³/mol. The van der Waals surface area contributed by atoms with E-state index in [0.29, 0.717) is 5.75 Å². The first-order valence-electron chi connectivity index (χ1n) is 6.12. The summed E-state index contributed by atoms with van der Waals surface area (Å²) in [6.07, 6.45) is 1.69. The summed E-state index contributed by atoms with van der Waals surface area (Å²) in [5, 5.41) is 0. The Morgan fingerprint density at radius 2 is 1.62 bits per heavy atom. The first kappa shape index (κ1) is 20.9. The van der Waals surface area contributed by atoms with Crippen LogP contribution in [-0.4, -0.2) is 27.6 Å². The number of hydrogen-bond donors (Lipinski definition) is 1. The summed E-state index contributed by atoms with van der Waals surface area (Å²) in [4.78, 5) is -0.573. The summed E-state index contributed by atoms with van der Waals surface area (Å²) in [5.74, 6) is 0.358. The van der Waals surface area contributed by atoms with Gasteiger partial charge in [-0.2, -0.15) is 0 Å². The molecule has 24 heavy (non-hydrogen) atoms. The van der Waals surface area contributed by atoms with Crippen LogP contribution in [0.4, 0.5) is 5.69 Å². The Balaban J connectivity index is 0.00000288. The average Bonchev–Trinajstić information content (AvgIpc) is 2.47. The Hall–Kier alpha value is -1.15. The van der Waals surface area contributed by atoms with Gasteiger partial charge < -0.3 is 8.74 Å². The Labute approximate surface area is 157 Å². The van der Waals surface area contributed by atoms with Crippen LogP contribution in [-0.2, 0) is 20.1 Å². The molecule has 2 aromatic carbocycles. The fourth-order valence-electron chi connectivity index (χ4n) is 1.72. The van der Waals surface area contributed by atoms with E-state index in [1.807, 2.05) is 0 Å². The van der Waals surface area contributed by atoms with Crippen molar-refractivity contribution in [3.63, 3.8) is 0 Å². The zero-order chi connectivity index (χ0) is 17.1. The summed E-state index contributed by atoms with van der Waals surface area (Å²) in [7, 11) is -8.62. The third-order valence-electron chi connectivity index (χ3n) is 2.67. The largest absolute Gasteiger partial charge is 1.00 e. The van der Waals surface area contributed by atoms with Gasteiger partial charge in [-0.25, -0.2) is 16.8 Å². The van der Waals surface area contributed by atoms with Crippen LogP contribution in [0.25, 0.3) is 0 Å². The molecule has 0 heterocycles. The number of nitrogens with one attached hydrogen (secondary N) is 1. The van der Waals surface area contributed by atoms with Crippen molar-refractivity contribution in [1.82, 2.24) is 0 Å². The number of anilines is 1. The summed E-state index contributed by atoms with van der Waals surface area (Å²) in [5.41, 5.74) is -0.0295. The SMILES string of the molecule is CSOc1cccc(S(=O)(=O)Nc2cccc(S(=O)(=O)[O-])c2)c1.[Li+]. The Kier molecular flexibility index (Phi) is 7.21. The second-order valence-electron chi connectivity index (χ2n) is 4.31. The van der Waals surface area contributed by atoms with Crippen LogP contribution in [0.15, 0.2) is 58.3 Å². The van der Waals surface area contributed by atoms with E-state index >= 15 is 0 Å². The van der Waals surface area contributed by atoms with Gasteiger partial charge in [0.05, 0.1) is 27.5 Å². The minimum absolute atomic E-state index is 0. The van der Waals surface area contributed by atoms with E-state index in [1.54, 1.807) is 12.3 Å². The maximum Gasteiger partial charge on any atom is 1.00 e. The van der Waals surface area contributed by atoms with Crippen molar-refractivity contribution in [3.05, 3.63) is 48.5 Å². The molecule has 0 bridgehead atoms. The number of sulfonamides is 1. The van der Waals surface area contributed by atoms with Gasteiger partial charge in [0.2, 0.25) is 0 Å². The van der Waals surface area contributed by atoms with Crippen LogP contribution >= 0.6 is 12.0 Å². The van der Waals surface area contributed by atoms with Crippen LogP contribution < -0.4 is 27.8 Å². The molecule has 0 aromatic heterocycles. The third kappa shape index (κ3) is 5.44. The Morgan fingerprint density at radius 3 is 2.25 bits per heavy atom. The Morgan fingerprint density at radius 1 is 1.00 bits per heavy atom. The topological polar surface area (TPSA) is 113 Å². The van der Waals surface area contributed by atoms with E-state index < -0.39 is 25.0 Å². The van der Waals surface area contributed by atoms with Crippen molar-refractivity contribution in [2.45, 2.75) is 9.79 Å². The fourth-order valence-corrected chi connectivity index (χ4v) is 3.62. The van der Waals surface area contributed by atoms with E-state index in [4.69, 9.17) is 4.18 Å². The molecule has 1 N–H and O–H groups in total. The van der Waals surface area contributed by atoms with Crippen LogP contribution in [0.2, 0.25) is 0 Å². The maximum absolute atomic E-state index is 12.3. The van der Waals surface area contributed by atoms with E-state index in [-0.39, 0.29) is 29.4 Å². The molecule has 0 aliphatic heterocycles. The van der Waals surface area contributed by atoms with E-state index in [0.717, 1.165) is 24.2 Å². The molecule has 0 amide bonds. The normalized spacial score (nSPS) is 11.4. The van der Waals surface area contributed by atoms with Gasteiger partial charge in [0.1, 0.15) is 15.9 Å². The molecule has 0 spiro atoms. The van der Waals surface area contributed by atoms with Crippen molar-refractivity contribution in [2.75, 3.05) is 11.0 Å². The molecular weight excluding hydrogens is 369 g/mol. The average molecular weight is 381 g/mol. The van der Waals surface area contributed by atoms with Crippen molar-refractivity contribution < 1.29 is 44.4 Å². The summed E-state index contributed by atoms with van der Waals surface area (Å²) >= 11 is 1.07. The molecule has 0 aliphatic rings. The first-order chi connectivity index (χ1) is 10.7. The van der Waals surface area contributed by atoms with Gasteiger partial charge in [-0.15, -0.1) is 0 Å². The zero-order valence-electron chi connectivity index (χ0n) is 12.8. The summed E-state index contributed by atoms with van der Waals surface area (Å²) in [6.45, 7) is 0.